The van der Waals surface area contributed by atoms with Gasteiger partial charge in [-0.2, -0.15) is 4.98 Å². The van der Waals surface area contributed by atoms with E-state index in [1.54, 1.807) is 7.11 Å². The molecule has 0 aliphatic rings. The molecule has 1 heterocycles. The molecule has 4 aromatic rings. The van der Waals surface area contributed by atoms with Crippen LogP contribution in [-0.2, 0) is 14.3 Å². The lowest BCUT2D eigenvalue weighted by molar-refractivity contribution is -0.154. The van der Waals surface area contributed by atoms with E-state index in [2.05, 4.69) is 0 Å². The summed E-state index contributed by atoms with van der Waals surface area (Å²) >= 11 is 0. The summed E-state index contributed by atoms with van der Waals surface area (Å²) in [6, 6.07) is 23.1. The van der Waals surface area contributed by atoms with E-state index in [1.165, 1.54) is 12.7 Å². The summed E-state index contributed by atoms with van der Waals surface area (Å²) in [7, 11) is 2.99. The highest BCUT2D eigenvalue weighted by atomic mass is 16.6. The van der Waals surface area contributed by atoms with Crippen molar-refractivity contribution in [3.63, 3.8) is 0 Å². The standard InChI is InChI=1S/C29H30N2O5/c1-20-11-13-22(14-12-20)27-30-25-16-15-23(33-2)19-24(25)28(31-27)36-18-8-7-17-35-26(29(32)34-3)21-9-5-4-6-10-21/h4-6,9-16,19,26H,7-8,17-18H2,1-3H3. The van der Waals surface area contributed by atoms with Crippen LogP contribution in [0.5, 0.6) is 11.6 Å². The van der Waals surface area contributed by atoms with Gasteiger partial charge in [0, 0.05) is 12.2 Å². The molecule has 3 aromatic carbocycles. The van der Waals surface area contributed by atoms with Crippen LogP contribution in [0.3, 0.4) is 0 Å². The Balaban J connectivity index is 1.42. The predicted molar refractivity (Wildman–Crippen MR) is 138 cm³/mol. The molecule has 0 spiro atoms. The molecule has 0 saturated carbocycles. The molecule has 0 N–H and O–H groups in total. The number of rotatable bonds is 11. The minimum atomic E-state index is -0.743. The average molecular weight is 487 g/mol. The van der Waals surface area contributed by atoms with Crippen molar-refractivity contribution < 1.29 is 23.7 Å². The largest absolute Gasteiger partial charge is 0.497 e. The fourth-order valence-electron chi connectivity index (χ4n) is 3.76. The van der Waals surface area contributed by atoms with Gasteiger partial charge in [0.2, 0.25) is 5.88 Å². The van der Waals surface area contributed by atoms with Gasteiger partial charge in [-0.15, -0.1) is 0 Å². The second-order valence-corrected chi connectivity index (χ2v) is 8.34. The number of nitrogens with zero attached hydrogens (tertiary/aromatic N) is 2. The monoisotopic (exact) mass is 486 g/mol. The molecule has 0 fully saturated rings. The number of aryl methyl sites for hydroxylation is 1. The summed E-state index contributed by atoms with van der Waals surface area (Å²) in [6.07, 6.45) is 0.683. The Hall–Kier alpha value is -3.97. The number of unbranched alkanes of at least 4 members (excludes halogenated alkanes) is 1. The number of carbonyl (C=O) groups is 1. The number of ether oxygens (including phenoxy) is 4. The molecule has 186 valence electrons. The SMILES string of the molecule is COC(=O)C(OCCCCOc1nc(-c2ccc(C)cc2)nc2ccc(OC)cc12)c1ccccc1. The van der Waals surface area contributed by atoms with E-state index in [4.69, 9.17) is 28.9 Å². The van der Waals surface area contributed by atoms with Crippen molar-refractivity contribution in [1.29, 1.82) is 0 Å². The molecule has 4 rings (SSSR count). The molecule has 0 radical (unpaired) electrons. The van der Waals surface area contributed by atoms with Gasteiger partial charge in [0.05, 0.1) is 31.7 Å². The molecule has 7 heteroatoms. The van der Waals surface area contributed by atoms with Crippen molar-refractivity contribution in [1.82, 2.24) is 9.97 Å². The molecule has 0 aliphatic carbocycles. The molecule has 36 heavy (non-hydrogen) atoms. The summed E-state index contributed by atoms with van der Waals surface area (Å²) in [5.74, 6) is 1.41. The van der Waals surface area contributed by atoms with Gasteiger partial charge in [-0.3, -0.25) is 0 Å². The summed E-state index contributed by atoms with van der Waals surface area (Å²) in [4.78, 5) is 21.6. The number of hydrogen-bond donors (Lipinski definition) is 0. The molecule has 1 unspecified atom stereocenters. The van der Waals surface area contributed by atoms with E-state index in [1.807, 2.05) is 79.7 Å². The van der Waals surface area contributed by atoms with E-state index in [0.717, 1.165) is 28.5 Å². The minimum Gasteiger partial charge on any atom is -0.497 e. The zero-order valence-electron chi connectivity index (χ0n) is 20.8. The highest BCUT2D eigenvalue weighted by Gasteiger charge is 2.21. The van der Waals surface area contributed by atoms with Gasteiger partial charge in [0.1, 0.15) is 5.75 Å². The number of aromatic nitrogens is 2. The Bertz CT molecular complexity index is 1290. The molecule has 0 aliphatic heterocycles. The number of benzene rings is 3. The number of esters is 1. The first-order valence-electron chi connectivity index (χ1n) is 11.9. The van der Waals surface area contributed by atoms with Crippen molar-refractivity contribution in [3.05, 3.63) is 83.9 Å². The van der Waals surface area contributed by atoms with Crippen LogP contribution in [-0.4, -0.2) is 43.4 Å². The van der Waals surface area contributed by atoms with Crippen LogP contribution in [0.2, 0.25) is 0 Å². The van der Waals surface area contributed by atoms with Crippen molar-refractivity contribution >= 4 is 16.9 Å². The first-order chi connectivity index (χ1) is 17.6. The van der Waals surface area contributed by atoms with E-state index in [9.17, 15) is 4.79 Å². The van der Waals surface area contributed by atoms with Crippen molar-refractivity contribution in [2.45, 2.75) is 25.9 Å². The Morgan fingerprint density at radius 1 is 0.889 bits per heavy atom. The van der Waals surface area contributed by atoms with Gasteiger partial charge >= 0.3 is 5.97 Å². The maximum atomic E-state index is 12.2. The summed E-state index contributed by atoms with van der Waals surface area (Å²) < 4.78 is 22.2. The van der Waals surface area contributed by atoms with Crippen molar-refractivity contribution in [2.75, 3.05) is 27.4 Å². The maximum absolute atomic E-state index is 12.2. The number of methoxy groups -OCH3 is 2. The van der Waals surface area contributed by atoms with E-state index in [-0.39, 0.29) is 0 Å². The van der Waals surface area contributed by atoms with Crippen LogP contribution >= 0.6 is 0 Å². The number of carbonyl (C=O) groups excluding carboxylic acids is 1. The third-order valence-corrected chi connectivity index (χ3v) is 5.76. The normalized spacial score (nSPS) is 11.8. The maximum Gasteiger partial charge on any atom is 0.339 e. The highest BCUT2D eigenvalue weighted by molar-refractivity contribution is 5.86. The quantitative estimate of drug-likeness (QED) is 0.199. The van der Waals surface area contributed by atoms with Crippen LogP contribution in [0.25, 0.3) is 22.3 Å². The van der Waals surface area contributed by atoms with Gasteiger partial charge in [-0.1, -0.05) is 60.2 Å². The molecule has 1 atom stereocenters. The third-order valence-electron chi connectivity index (χ3n) is 5.76. The lowest BCUT2D eigenvalue weighted by Gasteiger charge is -2.16. The zero-order valence-corrected chi connectivity index (χ0v) is 20.8. The highest BCUT2D eigenvalue weighted by Crippen LogP contribution is 2.30. The molecule has 0 saturated heterocycles. The summed E-state index contributed by atoms with van der Waals surface area (Å²) in [5.41, 5.74) is 3.64. The van der Waals surface area contributed by atoms with Crippen LogP contribution in [0.1, 0.15) is 30.1 Å². The average Bonchev–Trinajstić information content (AvgIpc) is 2.92. The van der Waals surface area contributed by atoms with Crippen LogP contribution in [0, 0.1) is 6.92 Å². The Morgan fingerprint density at radius 2 is 1.64 bits per heavy atom. The van der Waals surface area contributed by atoms with Crippen molar-refractivity contribution in [2.24, 2.45) is 0 Å². The van der Waals surface area contributed by atoms with Gasteiger partial charge in [0.15, 0.2) is 11.9 Å². The van der Waals surface area contributed by atoms with E-state index < -0.39 is 12.1 Å². The smallest absolute Gasteiger partial charge is 0.339 e. The number of fused-ring (bicyclic) bond motifs is 1. The molecule has 0 amide bonds. The van der Waals surface area contributed by atoms with Gasteiger partial charge < -0.3 is 18.9 Å². The van der Waals surface area contributed by atoms with Gasteiger partial charge in [-0.05, 0) is 43.5 Å². The number of hydrogen-bond acceptors (Lipinski definition) is 7. The summed E-state index contributed by atoms with van der Waals surface area (Å²) in [5, 5.41) is 0.788. The molecule has 7 nitrogen and oxygen atoms in total. The Labute approximate surface area is 211 Å². The fraction of sp³-hybridized carbons (Fsp3) is 0.276. The zero-order chi connectivity index (χ0) is 25.3. The van der Waals surface area contributed by atoms with Crippen LogP contribution in [0.15, 0.2) is 72.8 Å². The topological polar surface area (TPSA) is 79.8 Å². The van der Waals surface area contributed by atoms with Crippen molar-refractivity contribution in [3.8, 4) is 23.0 Å². The van der Waals surface area contributed by atoms with Gasteiger partial charge in [0.25, 0.3) is 0 Å². The molecule has 0 bridgehead atoms. The van der Waals surface area contributed by atoms with Gasteiger partial charge in [-0.25, -0.2) is 9.78 Å². The first-order valence-corrected chi connectivity index (χ1v) is 11.9. The second-order valence-electron chi connectivity index (χ2n) is 8.34. The molecular weight excluding hydrogens is 456 g/mol. The first kappa shape index (κ1) is 25.1. The van der Waals surface area contributed by atoms with E-state index >= 15 is 0 Å². The predicted octanol–water partition coefficient (Wildman–Crippen LogP) is 5.70. The Morgan fingerprint density at radius 3 is 2.36 bits per heavy atom. The lowest BCUT2D eigenvalue weighted by atomic mass is 10.1. The molecule has 1 aromatic heterocycles. The van der Waals surface area contributed by atoms with Crippen LogP contribution < -0.4 is 9.47 Å². The Kier molecular flexibility index (Phi) is 8.47. The lowest BCUT2D eigenvalue weighted by Crippen LogP contribution is -2.18. The summed E-state index contributed by atoms with van der Waals surface area (Å²) in [6.45, 7) is 2.88. The fourth-order valence-corrected chi connectivity index (χ4v) is 3.76. The van der Waals surface area contributed by atoms with E-state index in [0.29, 0.717) is 37.1 Å². The van der Waals surface area contributed by atoms with Crippen LogP contribution in [0.4, 0.5) is 0 Å². The third kappa shape index (κ3) is 6.17. The minimum absolute atomic E-state index is 0.394. The molecular formula is C29H30N2O5. The second kappa shape index (κ2) is 12.1.